The monoisotopic (exact) mass is 436 g/mol. The predicted molar refractivity (Wildman–Crippen MR) is 127 cm³/mol. The van der Waals surface area contributed by atoms with E-state index < -0.39 is 0 Å². The van der Waals surface area contributed by atoms with Crippen molar-refractivity contribution in [2.45, 2.75) is 0 Å². The number of H-pyrrole nitrogens is 1. The van der Waals surface area contributed by atoms with Gasteiger partial charge in [-0.05, 0) is 48.5 Å². The summed E-state index contributed by atoms with van der Waals surface area (Å²) in [7, 11) is 0. The Labute approximate surface area is 186 Å². The van der Waals surface area contributed by atoms with Gasteiger partial charge in [0, 0.05) is 41.4 Å². The summed E-state index contributed by atoms with van der Waals surface area (Å²) in [6.45, 7) is 0. The van der Waals surface area contributed by atoms with E-state index in [0.29, 0.717) is 17.3 Å². The summed E-state index contributed by atoms with van der Waals surface area (Å²) in [5, 5.41) is 5.20. The normalized spacial score (nSPS) is 11.1. The molecule has 8 heteroatoms. The summed E-state index contributed by atoms with van der Waals surface area (Å²) in [6.07, 6.45) is 6.89. The van der Waals surface area contributed by atoms with Gasteiger partial charge in [-0.1, -0.05) is 23.5 Å². The number of hydrogen-bond acceptors (Lipinski definition) is 7. The van der Waals surface area contributed by atoms with Crippen LogP contribution in [0.4, 0.5) is 10.8 Å². The zero-order chi connectivity index (χ0) is 21.3. The van der Waals surface area contributed by atoms with Crippen molar-refractivity contribution < 1.29 is 4.74 Å². The molecule has 0 amide bonds. The minimum Gasteiger partial charge on any atom is -0.437 e. The molecule has 2 aromatic carbocycles. The highest BCUT2D eigenvalue weighted by molar-refractivity contribution is 7.22. The van der Waals surface area contributed by atoms with Crippen LogP contribution < -0.4 is 10.1 Å². The topological polar surface area (TPSA) is 88.6 Å². The summed E-state index contributed by atoms with van der Waals surface area (Å²) < 4.78 is 7.21. The highest BCUT2D eigenvalue weighted by Gasteiger charge is 2.12. The first-order chi connectivity index (χ1) is 15.8. The largest absolute Gasteiger partial charge is 0.437 e. The second kappa shape index (κ2) is 7.75. The molecular formula is C24H16N6OS. The van der Waals surface area contributed by atoms with Crippen LogP contribution in [0.2, 0.25) is 0 Å². The molecule has 0 aliphatic heterocycles. The van der Waals surface area contributed by atoms with Crippen LogP contribution in [0.5, 0.6) is 11.6 Å². The molecule has 0 fully saturated rings. The smallest absolute Gasteiger partial charge is 0.246 e. The lowest BCUT2D eigenvalue weighted by molar-refractivity contribution is 0.462. The Bertz CT molecular complexity index is 1510. The van der Waals surface area contributed by atoms with E-state index in [4.69, 9.17) is 4.74 Å². The van der Waals surface area contributed by atoms with Gasteiger partial charge in [0.2, 0.25) is 5.88 Å². The second-order valence-corrected chi connectivity index (χ2v) is 8.12. The van der Waals surface area contributed by atoms with E-state index in [0.717, 1.165) is 37.6 Å². The minimum atomic E-state index is 0.427. The number of aromatic nitrogens is 5. The molecule has 7 nitrogen and oxygen atoms in total. The number of anilines is 2. The first kappa shape index (κ1) is 18.5. The van der Waals surface area contributed by atoms with Gasteiger partial charge < -0.3 is 15.0 Å². The maximum atomic E-state index is 6.06. The number of benzene rings is 2. The van der Waals surface area contributed by atoms with E-state index in [1.165, 1.54) is 0 Å². The molecule has 6 rings (SSSR count). The lowest BCUT2D eigenvalue weighted by Gasteiger charge is -2.10. The summed E-state index contributed by atoms with van der Waals surface area (Å²) in [6, 6.07) is 19.8. The van der Waals surface area contributed by atoms with E-state index in [9.17, 15) is 0 Å². The number of rotatable bonds is 5. The van der Waals surface area contributed by atoms with Crippen molar-refractivity contribution >= 4 is 43.4 Å². The third-order valence-corrected chi connectivity index (χ3v) is 5.90. The molecule has 0 aliphatic carbocycles. The lowest BCUT2D eigenvalue weighted by Crippen LogP contribution is -1.95. The molecule has 0 atom stereocenters. The highest BCUT2D eigenvalue weighted by atomic mass is 32.1. The summed E-state index contributed by atoms with van der Waals surface area (Å²) in [4.78, 5) is 21.0. The first-order valence-corrected chi connectivity index (χ1v) is 10.8. The fraction of sp³-hybridized carbons (Fsp3) is 0. The molecule has 0 saturated carbocycles. The van der Waals surface area contributed by atoms with Gasteiger partial charge >= 0.3 is 0 Å². The lowest BCUT2D eigenvalue weighted by atomic mass is 10.2. The van der Waals surface area contributed by atoms with Gasteiger partial charge in [0.15, 0.2) is 5.13 Å². The first-order valence-electron chi connectivity index (χ1n) is 9.97. The van der Waals surface area contributed by atoms with Crippen LogP contribution in [-0.4, -0.2) is 24.9 Å². The van der Waals surface area contributed by atoms with E-state index in [2.05, 4.69) is 36.3 Å². The van der Waals surface area contributed by atoms with E-state index >= 15 is 0 Å². The van der Waals surface area contributed by atoms with Gasteiger partial charge in [-0.2, -0.15) is 0 Å². The van der Waals surface area contributed by atoms with Crippen molar-refractivity contribution in [1.82, 2.24) is 24.9 Å². The standard InChI is InChI=1S/C24H16N6OS/c1-2-4-20-19(3-1)30-24(32-20)29-17-5-7-18(8-6-17)31-23-21(25-11-12-27-23)16-13-15-9-10-26-22(15)28-14-16/h1-14H,(H,26,28)(H,29,30). The van der Waals surface area contributed by atoms with Gasteiger partial charge in [0.1, 0.15) is 17.1 Å². The Morgan fingerprint density at radius 1 is 0.906 bits per heavy atom. The fourth-order valence-corrected chi connectivity index (χ4v) is 4.32. The number of fused-ring (bicyclic) bond motifs is 2. The van der Waals surface area contributed by atoms with Crippen LogP contribution in [0.15, 0.2) is 85.5 Å². The van der Waals surface area contributed by atoms with Crippen molar-refractivity contribution in [2.75, 3.05) is 5.32 Å². The van der Waals surface area contributed by atoms with Gasteiger partial charge in [0.05, 0.1) is 10.2 Å². The molecule has 0 aliphatic rings. The summed E-state index contributed by atoms with van der Waals surface area (Å²) >= 11 is 1.62. The number of thiazole rings is 1. The Balaban J connectivity index is 1.24. The summed E-state index contributed by atoms with van der Waals surface area (Å²) in [5.41, 5.74) is 4.23. The zero-order valence-corrected chi connectivity index (χ0v) is 17.5. The van der Waals surface area contributed by atoms with Crippen LogP contribution in [0.25, 0.3) is 32.5 Å². The quantitative estimate of drug-likeness (QED) is 0.336. The molecule has 6 aromatic rings. The Morgan fingerprint density at radius 2 is 1.78 bits per heavy atom. The van der Waals surface area contributed by atoms with Crippen LogP contribution >= 0.6 is 11.3 Å². The van der Waals surface area contributed by atoms with Gasteiger partial charge in [0.25, 0.3) is 0 Å². The minimum absolute atomic E-state index is 0.427. The number of aromatic amines is 1. The maximum absolute atomic E-state index is 6.06. The van der Waals surface area contributed by atoms with Gasteiger partial charge in [-0.15, -0.1) is 0 Å². The fourth-order valence-electron chi connectivity index (χ4n) is 3.43. The van der Waals surface area contributed by atoms with Crippen LogP contribution in [0.1, 0.15) is 0 Å². The van der Waals surface area contributed by atoms with Crippen molar-refractivity contribution in [3.05, 3.63) is 85.5 Å². The Kier molecular flexibility index (Phi) is 4.47. The zero-order valence-electron chi connectivity index (χ0n) is 16.7. The second-order valence-electron chi connectivity index (χ2n) is 7.09. The van der Waals surface area contributed by atoms with Crippen molar-refractivity contribution in [2.24, 2.45) is 0 Å². The molecule has 4 heterocycles. The molecule has 2 N–H and O–H groups in total. The average Bonchev–Trinajstić information content (AvgIpc) is 3.46. The molecule has 154 valence electrons. The molecule has 0 saturated heterocycles. The van der Waals surface area contributed by atoms with Crippen LogP contribution in [0, 0.1) is 0 Å². The molecule has 0 spiro atoms. The van der Waals surface area contributed by atoms with Crippen molar-refractivity contribution in [3.63, 3.8) is 0 Å². The number of ether oxygens (including phenoxy) is 1. The molecular weight excluding hydrogens is 420 g/mol. The molecule has 0 radical (unpaired) electrons. The van der Waals surface area contributed by atoms with Crippen molar-refractivity contribution in [1.29, 1.82) is 0 Å². The van der Waals surface area contributed by atoms with Gasteiger partial charge in [-0.3, -0.25) is 0 Å². The number of para-hydroxylation sites is 1. The number of pyridine rings is 1. The SMILES string of the molecule is c1ccc2sc(Nc3ccc(Oc4nccnc4-c4cnc5[nH]ccc5c4)cc3)nc2c1. The van der Waals surface area contributed by atoms with E-state index in [1.54, 1.807) is 29.9 Å². The number of hydrogen-bond donors (Lipinski definition) is 2. The average molecular weight is 437 g/mol. The molecule has 0 bridgehead atoms. The van der Waals surface area contributed by atoms with Gasteiger partial charge in [-0.25, -0.2) is 19.9 Å². The van der Waals surface area contributed by atoms with E-state index in [-0.39, 0.29) is 0 Å². The third-order valence-electron chi connectivity index (χ3n) is 4.95. The molecule has 32 heavy (non-hydrogen) atoms. The molecule has 4 aromatic heterocycles. The number of nitrogens with zero attached hydrogens (tertiary/aromatic N) is 4. The maximum Gasteiger partial charge on any atom is 0.246 e. The summed E-state index contributed by atoms with van der Waals surface area (Å²) in [5.74, 6) is 1.09. The Morgan fingerprint density at radius 3 is 2.69 bits per heavy atom. The van der Waals surface area contributed by atoms with E-state index in [1.807, 2.05) is 60.8 Å². The molecule has 0 unspecified atom stereocenters. The van der Waals surface area contributed by atoms with Crippen LogP contribution in [-0.2, 0) is 0 Å². The number of nitrogens with one attached hydrogen (secondary N) is 2. The third kappa shape index (κ3) is 3.52. The predicted octanol–water partition coefficient (Wildman–Crippen LogP) is 6.17. The highest BCUT2D eigenvalue weighted by Crippen LogP contribution is 2.32. The van der Waals surface area contributed by atoms with Crippen molar-refractivity contribution in [3.8, 4) is 22.9 Å². The Hall–Kier alpha value is -4.30. The van der Waals surface area contributed by atoms with Crippen LogP contribution in [0.3, 0.4) is 0 Å².